The molecule has 1 amide bonds. The summed E-state index contributed by atoms with van der Waals surface area (Å²) < 4.78 is 38.8. The Balaban J connectivity index is 1.43. The number of aryl methyl sites for hydroxylation is 2. The van der Waals surface area contributed by atoms with E-state index in [1.54, 1.807) is 12.1 Å². The number of hydrogen-bond acceptors (Lipinski definition) is 3. The molecule has 2 aliphatic rings. The van der Waals surface area contributed by atoms with Crippen LogP contribution in [0.5, 0.6) is 5.75 Å². The predicted molar refractivity (Wildman–Crippen MR) is 127 cm³/mol. The van der Waals surface area contributed by atoms with E-state index in [2.05, 4.69) is 0 Å². The third-order valence-corrected chi connectivity index (χ3v) is 6.72. The van der Waals surface area contributed by atoms with Gasteiger partial charge in [-0.3, -0.25) is 4.79 Å². The normalized spacial score (nSPS) is 22.2. The fraction of sp³-hybridized carbons (Fsp3) is 0.321. The van der Waals surface area contributed by atoms with Crippen LogP contribution in [0, 0.1) is 5.92 Å². The van der Waals surface area contributed by atoms with Gasteiger partial charge in [0, 0.05) is 22.2 Å². The van der Waals surface area contributed by atoms with Crippen molar-refractivity contribution in [1.82, 2.24) is 4.90 Å². The molecule has 5 rings (SSSR count). The van der Waals surface area contributed by atoms with Gasteiger partial charge in [-0.25, -0.2) is 0 Å². The summed E-state index contributed by atoms with van der Waals surface area (Å²) in [7, 11) is 0. The molecule has 2 heterocycles. The molecule has 3 aromatic rings. The maximum absolute atomic E-state index is 13.3. The van der Waals surface area contributed by atoms with Gasteiger partial charge in [-0.15, -0.1) is 0 Å². The van der Waals surface area contributed by atoms with Crippen LogP contribution in [0.2, 0.25) is 0 Å². The maximum atomic E-state index is 13.3. The number of hydrogen-bond donors (Lipinski definition) is 1. The molecule has 4 nitrogen and oxygen atoms in total. The zero-order valence-electron chi connectivity index (χ0n) is 22.0. The number of benzene rings is 3. The van der Waals surface area contributed by atoms with Crippen molar-refractivity contribution in [3.8, 4) is 5.75 Å². The molecule has 1 atom stereocenters. The van der Waals surface area contributed by atoms with Crippen molar-refractivity contribution in [3.63, 3.8) is 0 Å². The van der Waals surface area contributed by atoms with Gasteiger partial charge < -0.3 is 15.4 Å². The van der Waals surface area contributed by atoms with Gasteiger partial charge in [-0.2, -0.15) is 0 Å². The Bertz CT molecular complexity index is 1210. The standard InChI is InChI=1S/C28H30N2O2/c29-27(31)28(23-7-3-1-4-8-23,24-9-5-2-6-10-24)25-14-17-30(20-25)16-13-21-11-12-26-22(19-21)15-18-32-26/h1-12,19,25H,13-18,20H2,(H2,29,31)/t25-/m1/s1/i16D2,18D2. The van der Waals surface area contributed by atoms with E-state index >= 15 is 0 Å². The summed E-state index contributed by atoms with van der Waals surface area (Å²) in [6.45, 7) is -2.49. The Labute approximate surface area is 195 Å². The van der Waals surface area contributed by atoms with Crippen LogP contribution in [0.3, 0.4) is 0 Å². The van der Waals surface area contributed by atoms with Crippen molar-refractivity contribution in [1.29, 1.82) is 0 Å². The summed E-state index contributed by atoms with van der Waals surface area (Å²) in [6.07, 6.45) is 0.932. The Morgan fingerprint density at radius 2 is 1.78 bits per heavy atom. The lowest BCUT2D eigenvalue weighted by atomic mass is 9.64. The molecular weight excluding hydrogens is 396 g/mol. The molecule has 1 saturated heterocycles. The Kier molecular flexibility index (Phi) is 4.54. The summed E-state index contributed by atoms with van der Waals surface area (Å²) >= 11 is 0. The van der Waals surface area contributed by atoms with Gasteiger partial charge in [0.15, 0.2) is 0 Å². The van der Waals surface area contributed by atoms with Gasteiger partial charge in [0.25, 0.3) is 0 Å². The second-order valence-electron chi connectivity index (χ2n) is 8.54. The molecule has 3 aromatic carbocycles. The first kappa shape index (κ1) is 16.5. The molecule has 0 aliphatic carbocycles. The van der Waals surface area contributed by atoms with Gasteiger partial charge in [0.2, 0.25) is 5.91 Å². The number of amides is 1. The van der Waals surface area contributed by atoms with Gasteiger partial charge in [-0.1, -0.05) is 72.8 Å². The first-order valence-electron chi connectivity index (χ1n) is 13.1. The lowest BCUT2D eigenvalue weighted by Gasteiger charge is -2.37. The number of ether oxygens (including phenoxy) is 1. The molecule has 0 unspecified atom stereocenters. The van der Waals surface area contributed by atoms with E-state index in [-0.39, 0.29) is 18.8 Å². The molecule has 0 radical (unpaired) electrons. The summed E-state index contributed by atoms with van der Waals surface area (Å²) in [4.78, 5) is 15.1. The predicted octanol–water partition coefficient (Wildman–Crippen LogP) is 3.96. The Morgan fingerprint density at radius 3 is 2.44 bits per heavy atom. The summed E-state index contributed by atoms with van der Waals surface area (Å²) in [6, 6.07) is 24.5. The topological polar surface area (TPSA) is 55.6 Å². The summed E-state index contributed by atoms with van der Waals surface area (Å²) in [5, 5.41) is 0. The lowest BCUT2D eigenvalue weighted by molar-refractivity contribution is -0.123. The largest absolute Gasteiger partial charge is 0.493 e. The number of likely N-dealkylation sites (tertiary alicyclic amines) is 1. The minimum Gasteiger partial charge on any atom is -0.493 e. The highest BCUT2D eigenvalue weighted by Crippen LogP contribution is 2.43. The first-order chi connectivity index (χ1) is 17.1. The highest BCUT2D eigenvalue weighted by molar-refractivity contribution is 5.91. The molecule has 2 aliphatic heterocycles. The van der Waals surface area contributed by atoms with Crippen LogP contribution in [-0.2, 0) is 23.1 Å². The van der Waals surface area contributed by atoms with E-state index in [0.717, 1.165) is 22.3 Å². The van der Waals surface area contributed by atoms with Gasteiger partial charge >= 0.3 is 0 Å². The van der Waals surface area contributed by atoms with E-state index in [1.807, 2.05) is 71.6 Å². The minimum atomic E-state index is -1.73. The van der Waals surface area contributed by atoms with E-state index in [4.69, 9.17) is 16.0 Å². The molecule has 0 spiro atoms. The summed E-state index contributed by atoms with van der Waals surface area (Å²) in [5.74, 6) is -0.113. The Hall–Kier alpha value is -3.11. The van der Waals surface area contributed by atoms with E-state index in [0.29, 0.717) is 25.3 Å². The van der Waals surface area contributed by atoms with Gasteiger partial charge in [0.1, 0.15) is 11.2 Å². The number of primary amides is 1. The second kappa shape index (κ2) is 8.79. The third kappa shape index (κ3) is 3.69. The number of rotatable bonds is 7. The van der Waals surface area contributed by atoms with Crippen molar-refractivity contribution in [2.45, 2.75) is 24.7 Å². The van der Waals surface area contributed by atoms with Gasteiger partial charge in [-0.05, 0) is 53.6 Å². The molecule has 0 aromatic heterocycles. The monoisotopic (exact) mass is 430 g/mol. The average molecular weight is 431 g/mol. The van der Waals surface area contributed by atoms with Crippen LogP contribution in [0.1, 0.15) is 34.2 Å². The fourth-order valence-electron chi connectivity index (χ4n) is 5.16. The number of carbonyl (C=O) groups excluding carboxylic acids is 1. The highest BCUT2D eigenvalue weighted by atomic mass is 16.5. The second-order valence-corrected chi connectivity index (χ2v) is 8.54. The van der Waals surface area contributed by atoms with Crippen molar-refractivity contribution in [2.24, 2.45) is 11.7 Å². The van der Waals surface area contributed by atoms with E-state index in [9.17, 15) is 4.79 Å². The van der Waals surface area contributed by atoms with E-state index < -0.39 is 24.4 Å². The number of nitrogens with zero attached hydrogens (tertiary/aromatic N) is 1. The van der Waals surface area contributed by atoms with Crippen LogP contribution >= 0.6 is 0 Å². The lowest BCUT2D eigenvalue weighted by Crippen LogP contribution is -2.49. The van der Waals surface area contributed by atoms with Crippen LogP contribution in [0.25, 0.3) is 0 Å². The fourth-order valence-corrected chi connectivity index (χ4v) is 5.16. The van der Waals surface area contributed by atoms with Crippen molar-refractivity contribution in [2.75, 3.05) is 26.1 Å². The minimum absolute atomic E-state index is 0.149. The van der Waals surface area contributed by atoms with Gasteiger partial charge in [0.05, 0.1) is 9.30 Å². The molecule has 1 fully saturated rings. The van der Waals surface area contributed by atoms with E-state index in [1.165, 1.54) is 0 Å². The first-order valence-corrected chi connectivity index (χ1v) is 11.1. The molecule has 32 heavy (non-hydrogen) atoms. The Morgan fingerprint density at radius 1 is 1.09 bits per heavy atom. The van der Waals surface area contributed by atoms with Crippen LogP contribution in [-0.4, -0.2) is 37.0 Å². The zero-order valence-corrected chi connectivity index (χ0v) is 18.0. The highest BCUT2D eigenvalue weighted by Gasteiger charge is 2.49. The molecule has 164 valence electrons. The van der Waals surface area contributed by atoms with Crippen LogP contribution in [0.15, 0.2) is 78.9 Å². The molecule has 2 N–H and O–H groups in total. The maximum Gasteiger partial charge on any atom is 0.232 e. The van der Waals surface area contributed by atoms with Crippen molar-refractivity contribution >= 4 is 5.91 Å². The summed E-state index contributed by atoms with van der Waals surface area (Å²) in [5.41, 5.74) is 8.30. The molecule has 0 bridgehead atoms. The average Bonchev–Trinajstić information content (AvgIpc) is 3.45. The number of nitrogens with two attached hydrogens (primary N) is 1. The number of fused-ring (bicyclic) bond motifs is 1. The smallest absolute Gasteiger partial charge is 0.232 e. The molecule has 4 heteroatoms. The SMILES string of the molecule is [2H]C1([2H])Cc2cc(CC([2H])([2H])N3CC[C@@H](C(C(N)=O)(c4ccccc4)c4ccccc4)C3)ccc2O1. The van der Waals surface area contributed by atoms with Crippen LogP contribution < -0.4 is 10.5 Å². The van der Waals surface area contributed by atoms with Crippen LogP contribution in [0.4, 0.5) is 0 Å². The van der Waals surface area contributed by atoms with Crippen molar-refractivity contribution < 1.29 is 15.0 Å². The molecule has 0 saturated carbocycles. The third-order valence-electron chi connectivity index (χ3n) is 6.72. The molecular formula is C28H30N2O2. The zero-order chi connectivity index (χ0) is 25.6. The quantitative estimate of drug-likeness (QED) is 0.617. The number of carbonyl (C=O) groups is 1. The van der Waals surface area contributed by atoms with Crippen molar-refractivity contribution in [3.05, 3.63) is 101 Å².